The van der Waals surface area contributed by atoms with Crippen LogP contribution in [0.1, 0.15) is 120 Å². The Balaban J connectivity index is 4.62. The second-order valence-corrected chi connectivity index (χ2v) is 11.3. The number of rotatable bonds is 18. The summed E-state index contributed by atoms with van der Waals surface area (Å²) in [5.41, 5.74) is 5.00. The first-order chi connectivity index (χ1) is 15.5. The molecule has 0 fully saturated rings. The van der Waals surface area contributed by atoms with Gasteiger partial charge in [0.25, 0.3) is 0 Å². The highest BCUT2D eigenvalue weighted by Gasteiger charge is 2.20. The van der Waals surface area contributed by atoms with Gasteiger partial charge in [-0.2, -0.15) is 0 Å². The van der Waals surface area contributed by atoms with E-state index in [1.165, 1.54) is 42.4 Å². The lowest BCUT2D eigenvalue weighted by Crippen LogP contribution is -2.19. The highest BCUT2D eigenvalue weighted by atomic mass is 14.4. The Bertz CT molecular complexity index is 643. The summed E-state index contributed by atoms with van der Waals surface area (Å²) in [6, 6.07) is 0. The van der Waals surface area contributed by atoms with Gasteiger partial charge in [0.05, 0.1) is 0 Å². The molecular weight excluding hydrogens is 398 g/mol. The number of hydrogen-bond acceptors (Lipinski definition) is 1. The summed E-state index contributed by atoms with van der Waals surface area (Å²) in [4.78, 5) is 0. The molecular formula is C32H57N. The Hall–Kier alpha value is -1.37. The molecule has 0 bridgehead atoms. The van der Waals surface area contributed by atoms with Crippen LogP contribution < -0.4 is 0 Å². The molecule has 0 saturated heterocycles. The second kappa shape index (κ2) is 18.0. The third-order valence-corrected chi connectivity index (χ3v) is 7.29. The molecule has 0 aliphatic carbocycles. The minimum absolute atomic E-state index is 0.613. The zero-order chi connectivity index (χ0) is 25.4. The van der Waals surface area contributed by atoms with E-state index in [4.69, 9.17) is 5.41 Å². The minimum Gasteiger partial charge on any atom is -0.310 e. The van der Waals surface area contributed by atoms with Crippen LogP contribution in [0.5, 0.6) is 0 Å². The SMILES string of the molecule is C=C(C)/C(CCC(=N)CC[C@@H](C)C(C)[C@H](CC)C/C=C\C=C/C(C)C)=C(/C)CCCC(C)C. The van der Waals surface area contributed by atoms with E-state index >= 15 is 0 Å². The lowest BCUT2D eigenvalue weighted by molar-refractivity contribution is 0.247. The van der Waals surface area contributed by atoms with E-state index in [0.717, 1.165) is 49.7 Å². The van der Waals surface area contributed by atoms with Crippen molar-refractivity contribution < 1.29 is 0 Å². The van der Waals surface area contributed by atoms with Gasteiger partial charge in [0.2, 0.25) is 0 Å². The summed E-state index contributed by atoms with van der Waals surface area (Å²) in [6.07, 6.45) is 19.0. The number of allylic oxidation sites excluding steroid dienone is 7. The van der Waals surface area contributed by atoms with E-state index in [1.54, 1.807) is 0 Å². The highest BCUT2D eigenvalue weighted by molar-refractivity contribution is 5.81. The fraction of sp³-hybridized carbons (Fsp3) is 0.719. The largest absolute Gasteiger partial charge is 0.310 e. The molecule has 0 aromatic rings. The maximum atomic E-state index is 8.57. The van der Waals surface area contributed by atoms with E-state index < -0.39 is 0 Å². The van der Waals surface area contributed by atoms with Crippen LogP contribution in [0.2, 0.25) is 0 Å². The average molecular weight is 456 g/mol. The topological polar surface area (TPSA) is 23.9 Å². The van der Waals surface area contributed by atoms with Crippen LogP contribution >= 0.6 is 0 Å². The van der Waals surface area contributed by atoms with E-state index in [1.807, 2.05) is 0 Å². The molecule has 1 heteroatoms. The lowest BCUT2D eigenvalue weighted by Gasteiger charge is -2.27. The summed E-state index contributed by atoms with van der Waals surface area (Å²) < 4.78 is 0. The summed E-state index contributed by atoms with van der Waals surface area (Å²) in [5.74, 6) is 3.46. The zero-order valence-corrected chi connectivity index (χ0v) is 23.8. The number of nitrogens with one attached hydrogen (secondary N) is 1. The Labute approximate surface area is 208 Å². The molecule has 0 radical (unpaired) electrons. The molecule has 0 aliphatic rings. The monoisotopic (exact) mass is 455 g/mol. The lowest BCUT2D eigenvalue weighted by atomic mass is 9.78. The van der Waals surface area contributed by atoms with Crippen molar-refractivity contribution in [1.29, 1.82) is 5.41 Å². The van der Waals surface area contributed by atoms with E-state index in [0.29, 0.717) is 17.8 Å². The van der Waals surface area contributed by atoms with Crippen LogP contribution in [-0.4, -0.2) is 5.71 Å². The fourth-order valence-electron chi connectivity index (χ4n) is 4.62. The molecule has 1 unspecified atom stereocenters. The second-order valence-electron chi connectivity index (χ2n) is 11.3. The molecule has 0 amide bonds. The molecule has 0 aromatic heterocycles. The van der Waals surface area contributed by atoms with Crippen molar-refractivity contribution in [2.45, 2.75) is 120 Å². The van der Waals surface area contributed by atoms with Gasteiger partial charge in [-0.15, -0.1) is 0 Å². The van der Waals surface area contributed by atoms with Crippen molar-refractivity contribution in [3.63, 3.8) is 0 Å². The highest BCUT2D eigenvalue weighted by Crippen LogP contribution is 2.30. The van der Waals surface area contributed by atoms with Gasteiger partial charge in [-0.05, 0) is 94.0 Å². The first-order valence-electron chi connectivity index (χ1n) is 13.7. The molecule has 0 saturated carbocycles. The van der Waals surface area contributed by atoms with Crippen LogP contribution in [0.25, 0.3) is 0 Å². The number of hydrogen-bond donors (Lipinski definition) is 1. The molecule has 0 spiro atoms. The molecule has 33 heavy (non-hydrogen) atoms. The molecule has 0 heterocycles. The summed E-state index contributed by atoms with van der Waals surface area (Å²) in [5, 5.41) is 8.57. The quantitative estimate of drug-likeness (QED) is 0.157. The van der Waals surface area contributed by atoms with Gasteiger partial charge in [-0.3, -0.25) is 0 Å². The molecule has 1 N–H and O–H groups in total. The van der Waals surface area contributed by atoms with Crippen molar-refractivity contribution >= 4 is 5.71 Å². The fourth-order valence-corrected chi connectivity index (χ4v) is 4.62. The summed E-state index contributed by atoms with van der Waals surface area (Å²) >= 11 is 0. The first kappa shape index (κ1) is 31.6. The van der Waals surface area contributed by atoms with Crippen molar-refractivity contribution in [3.05, 3.63) is 47.6 Å². The van der Waals surface area contributed by atoms with Gasteiger partial charge in [-0.1, -0.05) is 103 Å². The van der Waals surface area contributed by atoms with Crippen LogP contribution in [0.4, 0.5) is 0 Å². The normalized spacial score (nSPS) is 16.0. The Morgan fingerprint density at radius 3 is 2.09 bits per heavy atom. The first-order valence-corrected chi connectivity index (χ1v) is 13.7. The minimum atomic E-state index is 0.613. The van der Waals surface area contributed by atoms with Gasteiger partial charge in [-0.25, -0.2) is 0 Å². The van der Waals surface area contributed by atoms with Crippen molar-refractivity contribution in [2.75, 3.05) is 0 Å². The third kappa shape index (κ3) is 15.2. The maximum absolute atomic E-state index is 8.57. The molecule has 1 nitrogen and oxygen atoms in total. The van der Waals surface area contributed by atoms with Crippen molar-refractivity contribution in [1.82, 2.24) is 0 Å². The smallest absolute Gasteiger partial charge is 0.00925 e. The van der Waals surface area contributed by atoms with Crippen molar-refractivity contribution in [2.24, 2.45) is 29.6 Å². The molecule has 0 aliphatic heterocycles. The van der Waals surface area contributed by atoms with Crippen LogP contribution in [0, 0.1) is 35.0 Å². The zero-order valence-electron chi connectivity index (χ0n) is 23.8. The van der Waals surface area contributed by atoms with Gasteiger partial charge in [0, 0.05) is 5.71 Å². The Kier molecular flexibility index (Phi) is 17.3. The predicted molar refractivity (Wildman–Crippen MR) is 152 cm³/mol. The van der Waals surface area contributed by atoms with Crippen molar-refractivity contribution in [3.8, 4) is 0 Å². The van der Waals surface area contributed by atoms with E-state index in [2.05, 4.69) is 93.2 Å². The standard InChI is InChI=1S/C32H57N/c1-11-30(19-14-12-13-16-24(2)3)29(10)27(8)20-21-31(33)22-23-32(26(6)7)28(9)18-15-17-25(4)5/h12-14,16,24-25,27,29-30,33H,6,11,15,17-23H2,1-5,7-10H3/b14-12-,16-13-,32-28-,33-31?/t27-,29?,30-/m1/s1. The van der Waals surface area contributed by atoms with E-state index in [-0.39, 0.29) is 0 Å². The van der Waals surface area contributed by atoms with Gasteiger partial charge >= 0.3 is 0 Å². The predicted octanol–water partition coefficient (Wildman–Crippen LogP) is 10.7. The van der Waals surface area contributed by atoms with Gasteiger partial charge in [0.15, 0.2) is 0 Å². The van der Waals surface area contributed by atoms with Gasteiger partial charge in [0.1, 0.15) is 0 Å². The molecule has 3 atom stereocenters. The van der Waals surface area contributed by atoms with Crippen LogP contribution in [0.15, 0.2) is 47.6 Å². The average Bonchev–Trinajstić information content (AvgIpc) is 2.73. The van der Waals surface area contributed by atoms with Crippen LogP contribution in [-0.2, 0) is 0 Å². The Morgan fingerprint density at radius 1 is 0.879 bits per heavy atom. The van der Waals surface area contributed by atoms with Crippen LogP contribution in [0.3, 0.4) is 0 Å². The summed E-state index contributed by atoms with van der Waals surface area (Å²) in [6.45, 7) is 24.8. The molecule has 190 valence electrons. The Morgan fingerprint density at radius 2 is 1.55 bits per heavy atom. The molecule has 0 rings (SSSR count). The van der Waals surface area contributed by atoms with Gasteiger partial charge < -0.3 is 5.41 Å². The maximum Gasteiger partial charge on any atom is 0.00925 e. The third-order valence-electron chi connectivity index (χ3n) is 7.29. The van der Waals surface area contributed by atoms with E-state index in [9.17, 15) is 0 Å². The molecule has 0 aromatic carbocycles. The summed E-state index contributed by atoms with van der Waals surface area (Å²) in [7, 11) is 0.